The van der Waals surface area contributed by atoms with Crippen LogP contribution in [0.5, 0.6) is 5.75 Å². The first kappa shape index (κ1) is 21.0. The van der Waals surface area contributed by atoms with Crippen LogP contribution in [0.4, 0.5) is 0 Å². The van der Waals surface area contributed by atoms with Crippen LogP contribution in [0.25, 0.3) is 0 Å². The summed E-state index contributed by atoms with van der Waals surface area (Å²) >= 11 is 12.4. The lowest BCUT2D eigenvalue weighted by molar-refractivity contribution is 0.101. The molecule has 2 N–H and O–H groups in total. The number of hydrogen-bond acceptors (Lipinski definition) is 4. The zero-order chi connectivity index (χ0) is 19.8. The van der Waals surface area contributed by atoms with E-state index in [9.17, 15) is 4.79 Å². The summed E-state index contributed by atoms with van der Waals surface area (Å²) in [5.41, 5.74) is 5.97. The summed E-state index contributed by atoms with van der Waals surface area (Å²) in [7, 11) is 1.50. The van der Waals surface area contributed by atoms with Crippen molar-refractivity contribution in [2.24, 2.45) is 5.73 Å². The number of hydrogen-bond donors (Lipinski definition) is 1. The largest absolute Gasteiger partial charge is 0.484 e. The highest BCUT2D eigenvalue weighted by Gasteiger charge is 2.18. The number of rotatable bonds is 6. The van der Waals surface area contributed by atoms with E-state index in [1.807, 2.05) is 16.8 Å². The number of nitrogens with two attached hydrogens (primary N) is 1. The molecular weight excluding hydrogens is 385 g/mol. The van der Waals surface area contributed by atoms with Gasteiger partial charge >= 0.3 is 0 Å². The Labute approximate surface area is 168 Å². The van der Waals surface area contributed by atoms with E-state index in [0.29, 0.717) is 27.9 Å². The number of imidazole rings is 1. The van der Waals surface area contributed by atoms with Crippen LogP contribution in [0, 0.1) is 0 Å². The highest BCUT2D eigenvalue weighted by atomic mass is 35.5. The van der Waals surface area contributed by atoms with Crippen LogP contribution in [-0.4, -0.2) is 22.4 Å². The molecule has 1 unspecified atom stereocenters. The highest BCUT2D eigenvalue weighted by molar-refractivity contribution is 6.35. The van der Waals surface area contributed by atoms with Crippen molar-refractivity contribution in [3.63, 3.8) is 0 Å². The summed E-state index contributed by atoms with van der Waals surface area (Å²) in [5, 5.41) is 1.11. The van der Waals surface area contributed by atoms with Gasteiger partial charge in [0.25, 0.3) is 0 Å². The Balaban J connectivity index is 0.00000126. The molecule has 1 atom stereocenters. The molecule has 5 nitrogen and oxygen atoms in total. The van der Waals surface area contributed by atoms with E-state index >= 15 is 0 Å². The number of nitrogens with zero attached hydrogens (tertiary/aromatic N) is 2. The van der Waals surface area contributed by atoms with Crippen LogP contribution >= 0.6 is 23.2 Å². The minimum absolute atomic E-state index is 0.0160. The second-order valence-electron chi connectivity index (χ2n) is 5.61. The third kappa shape index (κ3) is 5.82. The van der Waals surface area contributed by atoms with E-state index in [-0.39, 0.29) is 11.9 Å². The minimum Gasteiger partial charge on any atom is -0.484 e. The number of carbonyl (C=O) groups is 1. The fraction of sp³-hybridized carbons (Fsp3) is 0.200. The Morgan fingerprint density at radius 2 is 1.89 bits per heavy atom. The van der Waals surface area contributed by atoms with Crippen molar-refractivity contribution < 1.29 is 9.53 Å². The zero-order valence-corrected chi connectivity index (χ0v) is 16.6. The Hall–Kier alpha value is -2.34. The number of ketones is 1. The van der Waals surface area contributed by atoms with Gasteiger partial charge in [-0.2, -0.15) is 0 Å². The maximum absolute atomic E-state index is 11.4. The second kappa shape index (κ2) is 10.1. The molecule has 0 fully saturated rings. The maximum Gasteiger partial charge on any atom is 0.159 e. The van der Waals surface area contributed by atoms with Crippen LogP contribution in [0.3, 0.4) is 0 Å². The van der Waals surface area contributed by atoms with E-state index in [0.717, 1.165) is 5.56 Å². The Kier molecular flexibility index (Phi) is 7.85. The van der Waals surface area contributed by atoms with Crippen molar-refractivity contribution in [1.82, 2.24) is 9.55 Å². The van der Waals surface area contributed by atoms with E-state index in [1.165, 1.54) is 14.0 Å². The van der Waals surface area contributed by atoms with Crippen LogP contribution < -0.4 is 10.5 Å². The molecule has 0 aliphatic carbocycles. The lowest BCUT2D eigenvalue weighted by Gasteiger charge is -2.21. The second-order valence-corrected chi connectivity index (χ2v) is 6.46. The summed E-state index contributed by atoms with van der Waals surface area (Å²) in [5.74, 6) is 0.670. The molecule has 27 heavy (non-hydrogen) atoms. The van der Waals surface area contributed by atoms with Crippen LogP contribution in [0.1, 0.15) is 28.9 Å². The van der Waals surface area contributed by atoms with Gasteiger partial charge in [-0.1, -0.05) is 29.3 Å². The van der Waals surface area contributed by atoms with Gasteiger partial charge in [-0.25, -0.2) is 4.98 Å². The van der Waals surface area contributed by atoms with Gasteiger partial charge in [-0.05, 0) is 50.4 Å². The van der Waals surface area contributed by atoms with Crippen molar-refractivity contribution in [2.45, 2.75) is 19.6 Å². The lowest BCUT2D eigenvalue weighted by Crippen LogP contribution is -2.15. The summed E-state index contributed by atoms with van der Waals surface area (Å²) in [4.78, 5) is 15.5. The number of Topliss-reactive ketones (excluding diaryl/α,β-unsaturated/α-hetero) is 1. The van der Waals surface area contributed by atoms with Gasteiger partial charge in [-0.3, -0.25) is 4.79 Å². The molecule has 0 aliphatic heterocycles. The number of carbonyl (C=O) groups excluding carboxylic acids is 1. The van der Waals surface area contributed by atoms with Gasteiger partial charge in [-0.15, -0.1) is 0 Å². The molecule has 0 aliphatic rings. The molecule has 1 aromatic heterocycles. The van der Waals surface area contributed by atoms with Crippen molar-refractivity contribution in [2.75, 3.05) is 7.05 Å². The number of aromatic nitrogens is 2. The quantitative estimate of drug-likeness (QED) is 0.598. The maximum atomic E-state index is 11.4. The molecule has 3 aromatic rings. The molecule has 3 rings (SSSR count). The number of halogens is 2. The van der Waals surface area contributed by atoms with Crippen LogP contribution in [-0.2, 0) is 6.54 Å². The van der Waals surface area contributed by atoms with Crippen molar-refractivity contribution >= 4 is 29.0 Å². The van der Waals surface area contributed by atoms with Gasteiger partial charge in [0.15, 0.2) is 5.78 Å². The Bertz CT molecular complexity index is 865. The van der Waals surface area contributed by atoms with E-state index in [2.05, 4.69) is 10.7 Å². The molecule has 0 amide bonds. The average Bonchev–Trinajstić information content (AvgIpc) is 3.16. The first-order valence-electron chi connectivity index (χ1n) is 8.29. The summed E-state index contributed by atoms with van der Waals surface area (Å²) < 4.78 is 8.06. The van der Waals surface area contributed by atoms with Gasteiger partial charge in [0.05, 0.1) is 12.9 Å². The predicted octanol–water partition coefficient (Wildman–Crippen LogP) is 4.79. The Morgan fingerprint density at radius 1 is 1.19 bits per heavy atom. The minimum atomic E-state index is -0.331. The van der Waals surface area contributed by atoms with Crippen molar-refractivity contribution in [3.05, 3.63) is 82.4 Å². The fourth-order valence-electron chi connectivity index (χ4n) is 2.48. The topological polar surface area (TPSA) is 70.1 Å². The molecule has 0 radical (unpaired) electrons. The summed E-state index contributed by atoms with van der Waals surface area (Å²) in [6.45, 7) is 2.07. The molecule has 0 spiro atoms. The van der Waals surface area contributed by atoms with Crippen molar-refractivity contribution in [1.29, 1.82) is 0 Å². The molecule has 2 aromatic carbocycles. The molecule has 142 valence electrons. The molecule has 1 heterocycles. The first-order chi connectivity index (χ1) is 13.0. The van der Waals surface area contributed by atoms with Gasteiger partial charge < -0.3 is 15.0 Å². The number of ether oxygens (including phenoxy) is 1. The molecule has 0 bridgehead atoms. The van der Waals surface area contributed by atoms with Crippen molar-refractivity contribution in [3.8, 4) is 5.75 Å². The molecule has 7 heteroatoms. The highest BCUT2D eigenvalue weighted by Crippen LogP contribution is 2.31. The third-order valence-electron chi connectivity index (χ3n) is 3.78. The SMILES string of the molecule is CC(=O)c1ccc(OC(Cn2ccnc2)c2ccc(Cl)cc2Cl)cc1.CN. The standard InChI is InChI=1S/C19H16Cl2N2O2.CH5N/c1-13(24)14-2-5-16(6-3-14)25-19(11-23-9-8-22-12-23)17-7-4-15(20)10-18(17)21;1-2/h2-10,12,19H,11H2,1H3;2H2,1H3. The zero-order valence-electron chi connectivity index (χ0n) is 15.1. The normalized spacial score (nSPS) is 11.3. The van der Waals surface area contributed by atoms with E-state index in [1.54, 1.807) is 48.9 Å². The van der Waals surface area contributed by atoms with Gasteiger partial charge in [0.1, 0.15) is 11.9 Å². The third-order valence-corrected chi connectivity index (χ3v) is 4.35. The smallest absolute Gasteiger partial charge is 0.159 e. The Morgan fingerprint density at radius 3 is 2.44 bits per heavy atom. The predicted molar refractivity (Wildman–Crippen MR) is 109 cm³/mol. The summed E-state index contributed by atoms with van der Waals surface area (Å²) in [6.07, 6.45) is 4.96. The van der Waals surface area contributed by atoms with Crippen LogP contribution in [0.2, 0.25) is 10.0 Å². The molecule has 0 saturated carbocycles. The summed E-state index contributed by atoms with van der Waals surface area (Å²) in [6, 6.07) is 12.4. The van der Waals surface area contributed by atoms with Crippen LogP contribution in [0.15, 0.2) is 61.2 Å². The van der Waals surface area contributed by atoms with E-state index < -0.39 is 0 Å². The first-order valence-corrected chi connectivity index (χ1v) is 9.04. The van der Waals surface area contributed by atoms with Gasteiger partial charge in [0.2, 0.25) is 0 Å². The van der Waals surface area contributed by atoms with Gasteiger partial charge in [0, 0.05) is 33.6 Å². The number of benzene rings is 2. The molecule has 0 saturated heterocycles. The average molecular weight is 406 g/mol. The molecular formula is C20H21Cl2N3O2. The lowest BCUT2D eigenvalue weighted by atomic mass is 10.1. The fourth-order valence-corrected chi connectivity index (χ4v) is 3.01. The van der Waals surface area contributed by atoms with E-state index in [4.69, 9.17) is 27.9 Å². The monoisotopic (exact) mass is 405 g/mol.